The molecule has 0 aromatic heterocycles. The van der Waals surface area contributed by atoms with Crippen LogP contribution in [0.3, 0.4) is 0 Å². The van der Waals surface area contributed by atoms with E-state index >= 15 is 0 Å². The Morgan fingerprint density at radius 1 is 1.33 bits per heavy atom. The van der Waals surface area contributed by atoms with Crippen molar-refractivity contribution in [3.63, 3.8) is 0 Å². The Morgan fingerprint density at radius 3 is 2.80 bits per heavy atom. The van der Waals surface area contributed by atoms with Crippen LogP contribution < -0.4 is 5.32 Å². The predicted molar refractivity (Wildman–Crippen MR) is 62.9 cm³/mol. The molecule has 0 aliphatic rings. The zero-order valence-electron chi connectivity index (χ0n) is 9.02. The number of hydrogen-bond donors (Lipinski definition) is 1. The molecule has 1 nitrogen and oxygen atoms in total. The Bertz CT molecular complexity index is 302. The van der Waals surface area contributed by atoms with Crippen molar-refractivity contribution in [3.8, 4) is 0 Å². The third-order valence-corrected chi connectivity index (χ3v) is 2.59. The maximum Gasteiger partial charge on any atom is 0.141 e. The molecule has 1 N–H and O–H groups in total. The average Bonchev–Trinajstić information content (AvgIpc) is 2.23. The van der Waals surface area contributed by atoms with Crippen LogP contribution in [0.15, 0.2) is 18.2 Å². The van der Waals surface area contributed by atoms with Crippen LogP contribution >= 0.6 is 11.6 Å². The van der Waals surface area contributed by atoms with Crippen LogP contribution in [0.5, 0.6) is 0 Å². The molecule has 0 fully saturated rings. The Morgan fingerprint density at radius 2 is 2.13 bits per heavy atom. The van der Waals surface area contributed by atoms with E-state index in [0.717, 1.165) is 37.9 Å². The molecule has 3 heteroatoms. The van der Waals surface area contributed by atoms with Gasteiger partial charge in [-0.15, -0.1) is 0 Å². The van der Waals surface area contributed by atoms with E-state index in [9.17, 15) is 4.39 Å². The normalized spacial score (nSPS) is 10.6. The van der Waals surface area contributed by atoms with Crippen molar-refractivity contribution < 1.29 is 4.39 Å². The number of rotatable bonds is 6. The van der Waals surface area contributed by atoms with E-state index in [1.807, 2.05) is 0 Å². The summed E-state index contributed by atoms with van der Waals surface area (Å²) in [5.41, 5.74) is 1.11. The molecule has 0 saturated carbocycles. The van der Waals surface area contributed by atoms with Crippen LogP contribution in [0.2, 0.25) is 5.02 Å². The molecule has 0 saturated heterocycles. The van der Waals surface area contributed by atoms with Gasteiger partial charge in [-0.25, -0.2) is 4.39 Å². The molecule has 0 unspecified atom stereocenters. The second-order valence-electron chi connectivity index (χ2n) is 3.56. The summed E-state index contributed by atoms with van der Waals surface area (Å²) < 4.78 is 12.8. The van der Waals surface area contributed by atoms with Crippen molar-refractivity contribution in [2.75, 3.05) is 13.1 Å². The molecule has 0 radical (unpaired) electrons. The molecule has 1 aromatic carbocycles. The molecule has 0 heterocycles. The molecule has 0 amide bonds. The van der Waals surface area contributed by atoms with E-state index in [-0.39, 0.29) is 10.8 Å². The fraction of sp³-hybridized carbons (Fsp3) is 0.500. The van der Waals surface area contributed by atoms with Crippen molar-refractivity contribution in [2.45, 2.75) is 26.2 Å². The van der Waals surface area contributed by atoms with Gasteiger partial charge in [-0.2, -0.15) is 0 Å². The summed E-state index contributed by atoms with van der Waals surface area (Å²) in [6.07, 6.45) is 3.21. The summed E-state index contributed by atoms with van der Waals surface area (Å²) in [7, 11) is 0. The van der Waals surface area contributed by atoms with Crippen molar-refractivity contribution in [1.29, 1.82) is 0 Å². The van der Waals surface area contributed by atoms with E-state index in [0.29, 0.717) is 0 Å². The van der Waals surface area contributed by atoms with Gasteiger partial charge in [0.2, 0.25) is 0 Å². The number of unbranched alkanes of at least 4 members (excludes halogenated alkanes) is 1. The largest absolute Gasteiger partial charge is 0.317 e. The van der Waals surface area contributed by atoms with Crippen LogP contribution in [0.25, 0.3) is 0 Å². The molecule has 0 bridgehead atoms. The van der Waals surface area contributed by atoms with Gasteiger partial charge >= 0.3 is 0 Å². The third-order valence-electron chi connectivity index (χ3n) is 2.30. The summed E-state index contributed by atoms with van der Waals surface area (Å²) in [5, 5.41) is 3.49. The molecule has 84 valence electrons. The Hall–Kier alpha value is -0.600. The maximum atomic E-state index is 12.8. The SMILES string of the molecule is CCNCCCCc1ccc(F)c(Cl)c1. The topological polar surface area (TPSA) is 12.0 Å². The third kappa shape index (κ3) is 4.63. The highest BCUT2D eigenvalue weighted by Crippen LogP contribution is 2.17. The maximum absolute atomic E-state index is 12.8. The predicted octanol–water partition coefficient (Wildman–Crippen LogP) is 3.41. The summed E-state index contributed by atoms with van der Waals surface area (Å²) in [5.74, 6) is -0.340. The quantitative estimate of drug-likeness (QED) is 0.738. The van der Waals surface area contributed by atoms with E-state index in [1.54, 1.807) is 12.1 Å². The first-order valence-electron chi connectivity index (χ1n) is 5.38. The lowest BCUT2D eigenvalue weighted by Gasteiger charge is -2.03. The zero-order chi connectivity index (χ0) is 11.1. The van der Waals surface area contributed by atoms with Gasteiger partial charge in [-0.3, -0.25) is 0 Å². The Kier molecular flexibility index (Phi) is 5.66. The van der Waals surface area contributed by atoms with Gasteiger partial charge in [-0.1, -0.05) is 24.6 Å². The monoisotopic (exact) mass is 229 g/mol. The molecule has 0 spiro atoms. The summed E-state index contributed by atoms with van der Waals surface area (Å²) in [4.78, 5) is 0. The molecule has 0 aliphatic carbocycles. The fourth-order valence-corrected chi connectivity index (χ4v) is 1.65. The van der Waals surface area contributed by atoms with Gasteiger partial charge < -0.3 is 5.32 Å². The second kappa shape index (κ2) is 6.81. The highest BCUT2D eigenvalue weighted by molar-refractivity contribution is 6.30. The first-order chi connectivity index (χ1) is 7.24. The van der Waals surface area contributed by atoms with E-state index < -0.39 is 0 Å². The molecular weight excluding hydrogens is 213 g/mol. The summed E-state index contributed by atoms with van der Waals surface area (Å²) in [6, 6.07) is 4.95. The summed E-state index contributed by atoms with van der Waals surface area (Å²) >= 11 is 5.69. The van der Waals surface area contributed by atoms with Crippen molar-refractivity contribution in [3.05, 3.63) is 34.6 Å². The minimum Gasteiger partial charge on any atom is -0.317 e. The lowest BCUT2D eigenvalue weighted by atomic mass is 10.1. The molecular formula is C12H17ClFN. The number of hydrogen-bond acceptors (Lipinski definition) is 1. The fourth-order valence-electron chi connectivity index (χ4n) is 1.45. The van der Waals surface area contributed by atoms with Gasteiger partial charge in [0.05, 0.1) is 5.02 Å². The first-order valence-corrected chi connectivity index (χ1v) is 5.76. The van der Waals surface area contributed by atoms with Crippen LogP contribution in [-0.4, -0.2) is 13.1 Å². The lowest BCUT2D eigenvalue weighted by Crippen LogP contribution is -2.13. The van der Waals surface area contributed by atoms with E-state index in [2.05, 4.69) is 12.2 Å². The van der Waals surface area contributed by atoms with Crippen LogP contribution in [0.1, 0.15) is 25.3 Å². The van der Waals surface area contributed by atoms with Crippen molar-refractivity contribution in [1.82, 2.24) is 5.32 Å². The summed E-state index contributed by atoms with van der Waals surface area (Å²) in [6.45, 7) is 4.16. The van der Waals surface area contributed by atoms with Crippen LogP contribution in [0, 0.1) is 5.82 Å². The molecule has 0 aliphatic heterocycles. The van der Waals surface area contributed by atoms with E-state index in [1.165, 1.54) is 6.07 Å². The standard InChI is InChI=1S/C12H17ClFN/c1-2-15-8-4-3-5-10-6-7-12(14)11(13)9-10/h6-7,9,15H,2-5,8H2,1H3. The first kappa shape index (κ1) is 12.5. The van der Waals surface area contributed by atoms with Crippen LogP contribution in [-0.2, 0) is 6.42 Å². The average molecular weight is 230 g/mol. The molecule has 0 atom stereocenters. The smallest absolute Gasteiger partial charge is 0.141 e. The van der Waals surface area contributed by atoms with Crippen molar-refractivity contribution >= 4 is 11.6 Å². The van der Waals surface area contributed by atoms with Gasteiger partial charge in [0.25, 0.3) is 0 Å². The molecule has 1 aromatic rings. The second-order valence-corrected chi connectivity index (χ2v) is 3.97. The van der Waals surface area contributed by atoms with Crippen molar-refractivity contribution in [2.24, 2.45) is 0 Å². The highest BCUT2D eigenvalue weighted by Gasteiger charge is 2.00. The molecule has 1 rings (SSSR count). The van der Waals surface area contributed by atoms with Gasteiger partial charge in [0.15, 0.2) is 0 Å². The van der Waals surface area contributed by atoms with Gasteiger partial charge in [0.1, 0.15) is 5.82 Å². The Labute approximate surface area is 95.6 Å². The number of halogens is 2. The van der Waals surface area contributed by atoms with Gasteiger partial charge in [0, 0.05) is 0 Å². The molecule has 15 heavy (non-hydrogen) atoms. The number of nitrogens with one attached hydrogen (secondary N) is 1. The Balaban J connectivity index is 2.28. The van der Waals surface area contributed by atoms with E-state index in [4.69, 9.17) is 11.6 Å². The lowest BCUT2D eigenvalue weighted by molar-refractivity contribution is 0.624. The number of benzene rings is 1. The minimum absolute atomic E-state index is 0.221. The zero-order valence-corrected chi connectivity index (χ0v) is 9.78. The highest BCUT2D eigenvalue weighted by atomic mass is 35.5. The van der Waals surface area contributed by atoms with Gasteiger partial charge in [-0.05, 0) is 50.0 Å². The number of aryl methyl sites for hydroxylation is 1. The van der Waals surface area contributed by atoms with Crippen LogP contribution in [0.4, 0.5) is 4.39 Å². The minimum atomic E-state index is -0.340.